The van der Waals surface area contributed by atoms with Crippen LogP contribution in [0, 0.1) is 13.8 Å². The smallest absolute Gasteiger partial charge is 0.262 e. The van der Waals surface area contributed by atoms with Gasteiger partial charge in [0.2, 0.25) is 0 Å². The monoisotopic (exact) mass is 236 g/mol. The molecule has 16 heavy (non-hydrogen) atoms. The third-order valence-corrected chi connectivity index (χ3v) is 2.86. The minimum atomic E-state index is 0.594. The van der Waals surface area contributed by atoms with Gasteiger partial charge in [-0.2, -0.15) is 0 Å². The molecular weight excluding hydrogens is 224 g/mol. The zero-order chi connectivity index (χ0) is 11.5. The molecule has 0 saturated heterocycles. The van der Waals surface area contributed by atoms with Crippen LogP contribution in [0.4, 0.5) is 5.82 Å². The first-order valence-corrected chi connectivity index (χ1v) is 5.56. The molecule has 0 unspecified atom stereocenters. The van der Waals surface area contributed by atoms with Crippen molar-refractivity contribution in [2.45, 2.75) is 24.1 Å². The maximum absolute atomic E-state index is 5.45. The van der Waals surface area contributed by atoms with Crippen LogP contribution in [-0.4, -0.2) is 9.97 Å². The van der Waals surface area contributed by atoms with Gasteiger partial charge in [0, 0.05) is 0 Å². The van der Waals surface area contributed by atoms with Gasteiger partial charge in [-0.3, -0.25) is 0 Å². The lowest BCUT2D eigenvalue weighted by Crippen LogP contribution is -2.08. The van der Waals surface area contributed by atoms with Gasteiger partial charge in [-0.1, -0.05) is 6.07 Å². The quantitative estimate of drug-likeness (QED) is 0.628. The number of anilines is 1. The van der Waals surface area contributed by atoms with E-state index in [9.17, 15) is 0 Å². The van der Waals surface area contributed by atoms with Gasteiger partial charge in [-0.05, 0) is 37.7 Å². The van der Waals surface area contributed by atoms with Gasteiger partial charge in [0.1, 0.15) is 16.6 Å². The van der Waals surface area contributed by atoms with Crippen molar-refractivity contribution < 1.29 is 4.42 Å². The second-order valence-corrected chi connectivity index (χ2v) is 4.20. The maximum Gasteiger partial charge on any atom is 0.262 e. The van der Waals surface area contributed by atoms with Crippen LogP contribution in [0.15, 0.2) is 32.9 Å². The largest absolute Gasteiger partial charge is 0.436 e. The molecule has 0 aromatic carbocycles. The van der Waals surface area contributed by atoms with Crippen molar-refractivity contribution >= 4 is 17.6 Å². The predicted octanol–water partition coefficient (Wildman–Crippen LogP) is 2.12. The molecule has 6 heteroatoms. The number of nitrogens with one attached hydrogen (secondary N) is 1. The van der Waals surface area contributed by atoms with Crippen molar-refractivity contribution in [3.8, 4) is 0 Å². The fourth-order valence-electron chi connectivity index (χ4n) is 1.13. The van der Waals surface area contributed by atoms with Crippen molar-refractivity contribution in [2.24, 2.45) is 5.84 Å². The first-order valence-electron chi connectivity index (χ1n) is 4.74. The van der Waals surface area contributed by atoms with E-state index in [1.54, 1.807) is 6.07 Å². The van der Waals surface area contributed by atoms with Crippen LogP contribution in [0.5, 0.6) is 0 Å². The third-order valence-electron chi connectivity index (χ3n) is 2.07. The topological polar surface area (TPSA) is 77.0 Å². The van der Waals surface area contributed by atoms with E-state index in [-0.39, 0.29) is 0 Å². The molecule has 2 heterocycles. The van der Waals surface area contributed by atoms with Crippen LogP contribution in [0.1, 0.15) is 11.5 Å². The molecule has 0 saturated carbocycles. The normalized spacial score (nSPS) is 10.4. The van der Waals surface area contributed by atoms with Gasteiger partial charge in [0.05, 0.1) is 5.69 Å². The lowest BCUT2D eigenvalue weighted by Gasteiger charge is -2.00. The summed E-state index contributed by atoms with van der Waals surface area (Å²) in [5.41, 5.74) is 3.39. The fraction of sp³-hybridized carbons (Fsp3) is 0.200. The number of hydrogen-bond acceptors (Lipinski definition) is 6. The Hall–Kier alpha value is -1.53. The summed E-state index contributed by atoms with van der Waals surface area (Å²) in [6.07, 6.45) is 0. The van der Waals surface area contributed by atoms with Gasteiger partial charge in [0.15, 0.2) is 0 Å². The highest BCUT2D eigenvalue weighted by atomic mass is 32.2. The van der Waals surface area contributed by atoms with Crippen molar-refractivity contribution in [2.75, 3.05) is 5.43 Å². The van der Waals surface area contributed by atoms with Crippen molar-refractivity contribution in [3.05, 3.63) is 29.7 Å². The molecule has 0 radical (unpaired) electrons. The van der Waals surface area contributed by atoms with Gasteiger partial charge >= 0.3 is 0 Å². The second-order valence-electron chi connectivity index (χ2n) is 3.23. The number of oxazole rings is 1. The Kier molecular flexibility index (Phi) is 3.12. The molecular formula is C10H12N4OS. The molecule has 2 aromatic rings. The van der Waals surface area contributed by atoms with E-state index in [0.29, 0.717) is 11.0 Å². The molecule has 0 amide bonds. The Bertz CT molecular complexity index is 478. The number of nitrogens with zero attached hydrogens (tertiary/aromatic N) is 2. The summed E-state index contributed by atoms with van der Waals surface area (Å²) in [7, 11) is 0. The average Bonchev–Trinajstić information content (AvgIpc) is 2.58. The summed E-state index contributed by atoms with van der Waals surface area (Å²) in [4.78, 5) is 8.52. The van der Waals surface area contributed by atoms with Gasteiger partial charge < -0.3 is 9.84 Å². The highest BCUT2D eigenvalue weighted by Gasteiger charge is 2.08. The van der Waals surface area contributed by atoms with E-state index in [0.717, 1.165) is 16.5 Å². The molecule has 84 valence electrons. The number of nitrogens with two attached hydrogens (primary N) is 1. The van der Waals surface area contributed by atoms with E-state index in [1.807, 2.05) is 26.0 Å². The molecule has 2 rings (SSSR count). The van der Waals surface area contributed by atoms with E-state index >= 15 is 0 Å². The number of pyridine rings is 1. The lowest BCUT2D eigenvalue weighted by atomic mass is 10.4. The third kappa shape index (κ3) is 2.34. The summed E-state index contributed by atoms with van der Waals surface area (Å²) in [6.45, 7) is 3.80. The lowest BCUT2D eigenvalue weighted by molar-refractivity contribution is 0.431. The minimum Gasteiger partial charge on any atom is -0.436 e. The SMILES string of the molecule is Cc1nc(Sc2cccc(NN)n2)oc1C. The summed E-state index contributed by atoms with van der Waals surface area (Å²) < 4.78 is 5.45. The van der Waals surface area contributed by atoms with Crippen LogP contribution in [0.25, 0.3) is 0 Å². The van der Waals surface area contributed by atoms with E-state index in [4.69, 9.17) is 10.3 Å². The Balaban J connectivity index is 2.20. The highest BCUT2D eigenvalue weighted by Crippen LogP contribution is 2.27. The Morgan fingerprint density at radius 1 is 1.31 bits per heavy atom. The standard InChI is InChI=1S/C10H12N4OS/c1-6-7(2)15-10(12-6)16-9-5-3-4-8(13-9)14-11/h3-5H,11H2,1-2H3,(H,13,14). The van der Waals surface area contributed by atoms with Gasteiger partial charge in [-0.15, -0.1) is 0 Å². The average molecular weight is 236 g/mol. The first-order chi connectivity index (χ1) is 7.69. The molecule has 0 spiro atoms. The minimum absolute atomic E-state index is 0.594. The molecule has 0 aliphatic rings. The Morgan fingerprint density at radius 2 is 2.12 bits per heavy atom. The molecule has 0 bridgehead atoms. The number of aromatic nitrogens is 2. The second kappa shape index (κ2) is 4.54. The zero-order valence-corrected chi connectivity index (χ0v) is 9.84. The number of aryl methyl sites for hydroxylation is 2. The Labute approximate surface area is 97.4 Å². The summed E-state index contributed by atoms with van der Waals surface area (Å²) in [6, 6.07) is 5.53. The van der Waals surface area contributed by atoms with Crippen LogP contribution in [-0.2, 0) is 0 Å². The number of nitrogen functional groups attached to an aromatic ring is 1. The maximum atomic E-state index is 5.45. The fourth-order valence-corrected chi connectivity index (χ4v) is 1.95. The molecule has 2 aromatic heterocycles. The number of rotatable bonds is 3. The van der Waals surface area contributed by atoms with Crippen molar-refractivity contribution in [1.29, 1.82) is 0 Å². The number of hydrazine groups is 1. The van der Waals surface area contributed by atoms with E-state index in [1.165, 1.54) is 11.8 Å². The van der Waals surface area contributed by atoms with Crippen LogP contribution >= 0.6 is 11.8 Å². The molecule has 0 fully saturated rings. The van der Waals surface area contributed by atoms with E-state index in [2.05, 4.69) is 15.4 Å². The predicted molar refractivity (Wildman–Crippen MR) is 62.1 cm³/mol. The Morgan fingerprint density at radius 3 is 2.75 bits per heavy atom. The molecule has 5 nitrogen and oxygen atoms in total. The van der Waals surface area contributed by atoms with Gasteiger partial charge in [-0.25, -0.2) is 15.8 Å². The summed E-state index contributed by atoms with van der Waals surface area (Å²) in [5, 5.41) is 1.38. The molecule has 0 atom stereocenters. The first kappa shape index (κ1) is 11.0. The van der Waals surface area contributed by atoms with E-state index < -0.39 is 0 Å². The molecule has 0 aliphatic heterocycles. The van der Waals surface area contributed by atoms with Crippen LogP contribution < -0.4 is 11.3 Å². The zero-order valence-electron chi connectivity index (χ0n) is 9.02. The molecule has 0 aliphatic carbocycles. The highest BCUT2D eigenvalue weighted by molar-refractivity contribution is 7.99. The summed E-state index contributed by atoms with van der Waals surface area (Å²) >= 11 is 1.37. The van der Waals surface area contributed by atoms with Crippen molar-refractivity contribution in [1.82, 2.24) is 9.97 Å². The molecule has 3 N–H and O–H groups in total. The van der Waals surface area contributed by atoms with Crippen LogP contribution in [0.2, 0.25) is 0 Å². The van der Waals surface area contributed by atoms with Crippen LogP contribution in [0.3, 0.4) is 0 Å². The van der Waals surface area contributed by atoms with Crippen molar-refractivity contribution in [3.63, 3.8) is 0 Å². The number of hydrogen-bond donors (Lipinski definition) is 2. The van der Waals surface area contributed by atoms with Gasteiger partial charge in [0.25, 0.3) is 5.22 Å². The summed E-state index contributed by atoms with van der Waals surface area (Å²) in [5.74, 6) is 6.72.